The second-order valence-electron chi connectivity index (χ2n) is 5.14. The summed E-state index contributed by atoms with van der Waals surface area (Å²) in [7, 11) is 2.05. The third-order valence-corrected chi connectivity index (χ3v) is 3.64. The van der Waals surface area contributed by atoms with Crippen LogP contribution in [0.15, 0.2) is 48.8 Å². The van der Waals surface area contributed by atoms with Gasteiger partial charge in [0, 0.05) is 35.9 Å². The van der Waals surface area contributed by atoms with E-state index < -0.39 is 0 Å². The van der Waals surface area contributed by atoms with E-state index in [1.807, 2.05) is 29.9 Å². The van der Waals surface area contributed by atoms with Crippen LogP contribution in [0.2, 0.25) is 0 Å². The van der Waals surface area contributed by atoms with Gasteiger partial charge in [-0.25, -0.2) is 9.50 Å². The summed E-state index contributed by atoms with van der Waals surface area (Å²) in [4.78, 5) is 4.60. The van der Waals surface area contributed by atoms with Crippen molar-refractivity contribution in [3.8, 4) is 11.4 Å². The molecule has 0 spiro atoms. The largest absolute Gasteiger partial charge is 0.351 e. The Morgan fingerprint density at radius 2 is 1.90 bits per heavy atom. The zero-order valence-electron chi connectivity index (χ0n) is 11.4. The molecule has 0 amide bonds. The van der Waals surface area contributed by atoms with Crippen LogP contribution in [0, 0.1) is 6.92 Å². The van der Waals surface area contributed by atoms with Crippen LogP contribution >= 0.6 is 0 Å². The van der Waals surface area contributed by atoms with E-state index >= 15 is 0 Å². The van der Waals surface area contributed by atoms with Crippen molar-refractivity contribution in [2.75, 3.05) is 0 Å². The molecule has 0 atom stereocenters. The molecule has 0 unspecified atom stereocenters. The van der Waals surface area contributed by atoms with Crippen LogP contribution in [0.1, 0.15) is 5.56 Å². The van der Waals surface area contributed by atoms with Gasteiger partial charge < -0.3 is 4.57 Å². The Bertz CT molecular complexity index is 930. The Hall–Kier alpha value is -2.62. The third kappa shape index (κ3) is 1.61. The highest BCUT2D eigenvalue weighted by atomic mass is 15.3. The molecule has 0 saturated carbocycles. The van der Waals surface area contributed by atoms with Gasteiger partial charge in [0.15, 0.2) is 11.5 Å². The fourth-order valence-corrected chi connectivity index (χ4v) is 2.53. The Morgan fingerprint density at radius 3 is 2.80 bits per heavy atom. The number of aryl methyl sites for hydroxylation is 2. The average Bonchev–Trinajstić information content (AvgIpc) is 3.02. The number of pyridine rings is 1. The normalized spacial score (nSPS) is 11.5. The van der Waals surface area contributed by atoms with Gasteiger partial charge >= 0.3 is 0 Å². The average molecular weight is 262 g/mol. The van der Waals surface area contributed by atoms with E-state index in [-0.39, 0.29) is 0 Å². The number of hydrogen-bond acceptors (Lipinski definition) is 2. The highest BCUT2D eigenvalue weighted by Gasteiger charge is 2.08. The fourth-order valence-electron chi connectivity index (χ4n) is 2.53. The van der Waals surface area contributed by atoms with E-state index in [4.69, 9.17) is 0 Å². The van der Waals surface area contributed by atoms with Crippen LogP contribution < -0.4 is 0 Å². The van der Waals surface area contributed by atoms with Gasteiger partial charge in [0.2, 0.25) is 0 Å². The quantitative estimate of drug-likeness (QED) is 0.528. The predicted octanol–water partition coefficient (Wildman–Crippen LogP) is 3.20. The van der Waals surface area contributed by atoms with Crippen LogP contribution in [0.4, 0.5) is 0 Å². The molecule has 0 bridgehead atoms. The second kappa shape index (κ2) is 3.93. The Labute approximate surface area is 116 Å². The first-order valence-corrected chi connectivity index (χ1v) is 6.59. The molecular formula is C16H14N4. The lowest BCUT2D eigenvalue weighted by Gasteiger charge is -1.98. The fraction of sp³-hybridized carbons (Fsp3) is 0.125. The Balaban J connectivity index is 1.91. The van der Waals surface area contributed by atoms with E-state index in [2.05, 4.69) is 52.0 Å². The van der Waals surface area contributed by atoms with Crippen molar-refractivity contribution >= 4 is 16.6 Å². The minimum atomic E-state index is 0.765. The Morgan fingerprint density at radius 1 is 1.00 bits per heavy atom. The lowest BCUT2D eigenvalue weighted by Crippen LogP contribution is -1.87. The van der Waals surface area contributed by atoms with Crippen LogP contribution in [-0.4, -0.2) is 19.2 Å². The minimum absolute atomic E-state index is 0.765. The Kier molecular flexibility index (Phi) is 2.21. The van der Waals surface area contributed by atoms with Gasteiger partial charge in [0.05, 0.1) is 0 Å². The van der Waals surface area contributed by atoms with Gasteiger partial charge in [0.25, 0.3) is 0 Å². The van der Waals surface area contributed by atoms with Gasteiger partial charge in [-0.15, -0.1) is 5.10 Å². The standard InChI is InChI=1S/C16H14N4/c1-11-5-8-20-15(9-11)17-16(18-20)13-3-4-14-12(10-13)6-7-19(14)2/h3-10H,1-2H3. The van der Waals surface area contributed by atoms with E-state index in [0.717, 1.165) is 17.0 Å². The molecule has 4 aromatic rings. The van der Waals surface area contributed by atoms with Gasteiger partial charge in [-0.3, -0.25) is 0 Å². The molecule has 4 heteroatoms. The summed E-state index contributed by atoms with van der Waals surface area (Å²) in [6, 6.07) is 12.5. The third-order valence-electron chi connectivity index (χ3n) is 3.64. The van der Waals surface area contributed by atoms with Crippen molar-refractivity contribution in [3.63, 3.8) is 0 Å². The SMILES string of the molecule is Cc1ccn2nc(-c3ccc4c(ccn4C)c3)nc2c1. The second-order valence-corrected chi connectivity index (χ2v) is 5.14. The van der Waals surface area contributed by atoms with Gasteiger partial charge in [-0.05, 0) is 48.9 Å². The smallest absolute Gasteiger partial charge is 0.182 e. The first kappa shape index (κ1) is 11.2. The molecule has 0 aliphatic rings. The van der Waals surface area contributed by atoms with E-state index in [1.54, 1.807) is 0 Å². The predicted molar refractivity (Wildman–Crippen MR) is 79.6 cm³/mol. The minimum Gasteiger partial charge on any atom is -0.351 e. The summed E-state index contributed by atoms with van der Waals surface area (Å²) in [5.41, 5.74) is 4.33. The van der Waals surface area contributed by atoms with Gasteiger partial charge in [0.1, 0.15) is 0 Å². The maximum Gasteiger partial charge on any atom is 0.182 e. The van der Waals surface area contributed by atoms with Gasteiger partial charge in [-0.1, -0.05) is 0 Å². The summed E-state index contributed by atoms with van der Waals surface area (Å²) in [5.74, 6) is 0.765. The van der Waals surface area contributed by atoms with Crippen molar-refractivity contribution in [1.82, 2.24) is 19.2 Å². The maximum absolute atomic E-state index is 4.60. The summed E-state index contributed by atoms with van der Waals surface area (Å²) in [6.45, 7) is 2.06. The molecule has 4 nitrogen and oxygen atoms in total. The molecule has 20 heavy (non-hydrogen) atoms. The molecule has 0 radical (unpaired) electrons. The highest BCUT2D eigenvalue weighted by Crippen LogP contribution is 2.23. The summed E-state index contributed by atoms with van der Waals surface area (Å²) in [6.07, 6.45) is 4.01. The molecule has 3 heterocycles. The number of benzene rings is 1. The number of nitrogens with zero attached hydrogens (tertiary/aromatic N) is 4. The number of rotatable bonds is 1. The van der Waals surface area contributed by atoms with Crippen LogP contribution in [-0.2, 0) is 7.05 Å². The molecule has 3 aromatic heterocycles. The first-order chi connectivity index (χ1) is 9.70. The zero-order chi connectivity index (χ0) is 13.7. The number of fused-ring (bicyclic) bond motifs is 2. The molecule has 0 aliphatic heterocycles. The molecule has 0 N–H and O–H groups in total. The van der Waals surface area contributed by atoms with Crippen LogP contribution in [0.3, 0.4) is 0 Å². The van der Waals surface area contributed by atoms with Crippen molar-refractivity contribution in [1.29, 1.82) is 0 Å². The van der Waals surface area contributed by atoms with E-state index in [1.165, 1.54) is 16.5 Å². The molecular weight excluding hydrogens is 248 g/mol. The lowest BCUT2D eigenvalue weighted by molar-refractivity contribution is 0.961. The molecule has 0 fully saturated rings. The van der Waals surface area contributed by atoms with Crippen molar-refractivity contribution in [2.24, 2.45) is 7.05 Å². The van der Waals surface area contributed by atoms with Crippen molar-refractivity contribution < 1.29 is 0 Å². The van der Waals surface area contributed by atoms with Gasteiger partial charge in [-0.2, -0.15) is 0 Å². The van der Waals surface area contributed by atoms with Crippen LogP contribution in [0.25, 0.3) is 27.9 Å². The van der Waals surface area contributed by atoms with E-state index in [9.17, 15) is 0 Å². The summed E-state index contributed by atoms with van der Waals surface area (Å²) >= 11 is 0. The molecule has 0 saturated heterocycles. The topological polar surface area (TPSA) is 35.1 Å². The molecule has 4 rings (SSSR count). The highest BCUT2D eigenvalue weighted by molar-refractivity contribution is 5.84. The maximum atomic E-state index is 4.60. The van der Waals surface area contributed by atoms with E-state index in [0.29, 0.717) is 0 Å². The number of aromatic nitrogens is 4. The molecule has 1 aromatic carbocycles. The van der Waals surface area contributed by atoms with Crippen molar-refractivity contribution in [3.05, 3.63) is 54.4 Å². The summed E-state index contributed by atoms with van der Waals surface area (Å²) < 4.78 is 3.93. The molecule has 0 aliphatic carbocycles. The first-order valence-electron chi connectivity index (χ1n) is 6.59. The van der Waals surface area contributed by atoms with Crippen molar-refractivity contribution in [2.45, 2.75) is 6.92 Å². The monoisotopic (exact) mass is 262 g/mol. The van der Waals surface area contributed by atoms with Crippen LogP contribution in [0.5, 0.6) is 0 Å². The lowest BCUT2D eigenvalue weighted by atomic mass is 10.1. The number of hydrogen-bond donors (Lipinski definition) is 0. The summed E-state index contributed by atoms with van der Waals surface area (Å²) in [5, 5.41) is 5.74. The molecule has 98 valence electrons. The zero-order valence-corrected chi connectivity index (χ0v) is 11.4.